The van der Waals surface area contributed by atoms with Crippen LogP contribution < -0.4 is 5.32 Å². The topological polar surface area (TPSA) is 82.2 Å². The highest BCUT2D eigenvalue weighted by Crippen LogP contribution is 2.25. The number of amides is 3. The molecule has 8 nitrogen and oxygen atoms in total. The molecule has 3 amide bonds. The van der Waals surface area contributed by atoms with E-state index in [4.69, 9.17) is 4.74 Å². The third kappa shape index (κ3) is 6.69. The molecule has 3 rings (SSSR count). The second-order valence-corrected chi connectivity index (χ2v) is 9.46. The van der Waals surface area contributed by atoms with Crippen LogP contribution in [0.15, 0.2) is 30.3 Å². The lowest BCUT2D eigenvalue weighted by Crippen LogP contribution is -2.52. The summed E-state index contributed by atoms with van der Waals surface area (Å²) in [5.41, 5.74) is 0.343. The highest BCUT2D eigenvalue weighted by molar-refractivity contribution is 5.89. The van der Waals surface area contributed by atoms with Gasteiger partial charge in [0.25, 0.3) is 0 Å². The van der Waals surface area contributed by atoms with Crippen molar-refractivity contribution in [2.45, 2.75) is 51.7 Å². The van der Waals surface area contributed by atoms with E-state index >= 15 is 0 Å². The molecule has 32 heavy (non-hydrogen) atoms. The van der Waals surface area contributed by atoms with Gasteiger partial charge >= 0.3 is 6.09 Å². The Balaban J connectivity index is 1.49. The van der Waals surface area contributed by atoms with E-state index in [2.05, 4.69) is 10.2 Å². The quantitative estimate of drug-likeness (QED) is 0.729. The minimum Gasteiger partial charge on any atom is -0.444 e. The van der Waals surface area contributed by atoms with Crippen LogP contribution in [0.5, 0.6) is 0 Å². The van der Waals surface area contributed by atoms with Gasteiger partial charge in [0.1, 0.15) is 11.6 Å². The first-order chi connectivity index (χ1) is 15.2. The summed E-state index contributed by atoms with van der Waals surface area (Å²) in [6.45, 7) is 10.1. The molecule has 0 saturated carbocycles. The number of carbonyl (C=O) groups excluding carboxylic acids is 3. The second kappa shape index (κ2) is 10.8. The molecule has 1 aromatic carbocycles. The van der Waals surface area contributed by atoms with E-state index in [0.717, 1.165) is 31.5 Å². The molecule has 2 aliphatic heterocycles. The number of piperazine rings is 1. The smallest absolute Gasteiger partial charge is 0.410 e. The van der Waals surface area contributed by atoms with Crippen molar-refractivity contribution >= 4 is 17.9 Å². The maximum atomic E-state index is 13.1. The van der Waals surface area contributed by atoms with Crippen LogP contribution in [0.3, 0.4) is 0 Å². The van der Waals surface area contributed by atoms with Gasteiger partial charge in [0.15, 0.2) is 0 Å². The van der Waals surface area contributed by atoms with Crippen molar-refractivity contribution in [2.75, 3.05) is 45.8 Å². The molecule has 2 fully saturated rings. The summed E-state index contributed by atoms with van der Waals surface area (Å²) in [5, 5.41) is 3.03. The number of piperidine rings is 1. The lowest BCUT2D eigenvalue weighted by molar-refractivity contribution is -0.142. The fourth-order valence-electron chi connectivity index (χ4n) is 4.12. The van der Waals surface area contributed by atoms with Gasteiger partial charge in [0.2, 0.25) is 11.8 Å². The summed E-state index contributed by atoms with van der Waals surface area (Å²) >= 11 is 0. The van der Waals surface area contributed by atoms with Gasteiger partial charge in [-0.1, -0.05) is 30.3 Å². The first kappa shape index (κ1) is 24.0. The highest BCUT2D eigenvalue weighted by Gasteiger charge is 2.32. The van der Waals surface area contributed by atoms with Crippen LogP contribution in [0.25, 0.3) is 0 Å². The minimum absolute atomic E-state index is 0.0403. The zero-order valence-electron chi connectivity index (χ0n) is 19.5. The lowest BCUT2D eigenvalue weighted by atomic mass is 10.0. The van der Waals surface area contributed by atoms with Crippen molar-refractivity contribution < 1.29 is 19.1 Å². The summed E-state index contributed by atoms with van der Waals surface area (Å²) in [4.78, 5) is 43.5. The molecule has 0 aromatic heterocycles. The summed E-state index contributed by atoms with van der Waals surface area (Å²) in [6, 6.07) is 8.92. The van der Waals surface area contributed by atoms with Gasteiger partial charge in [-0.3, -0.25) is 14.5 Å². The van der Waals surface area contributed by atoms with E-state index in [1.165, 1.54) is 0 Å². The van der Waals surface area contributed by atoms with Gasteiger partial charge in [-0.15, -0.1) is 0 Å². The number of ether oxygens (including phenoxy) is 1. The van der Waals surface area contributed by atoms with Crippen molar-refractivity contribution in [1.29, 1.82) is 0 Å². The Labute approximate surface area is 190 Å². The molecular weight excluding hydrogens is 408 g/mol. The van der Waals surface area contributed by atoms with Gasteiger partial charge in [0, 0.05) is 52.2 Å². The molecule has 1 aromatic rings. The van der Waals surface area contributed by atoms with Crippen LogP contribution in [0.4, 0.5) is 4.79 Å². The Morgan fingerprint density at radius 3 is 2.34 bits per heavy atom. The Morgan fingerprint density at radius 1 is 1.03 bits per heavy atom. The summed E-state index contributed by atoms with van der Waals surface area (Å²) in [6.07, 6.45) is 2.03. The first-order valence-electron chi connectivity index (χ1n) is 11.6. The van der Waals surface area contributed by atoms with Crippen molar-refractivity contribution in [3.8, 4) is 0 Å². The van der Waals surface area contributed by atoms with Crippen LogP contribution in [0.2, 0.25) is 0 Å². The third-order valence-electron chi connectivity index (χ3n) is 5.79. The summed E-state index contributed by atoms with van der Waals surface area (Å²) < 4.78 is 5.44. The first-order valence-corrected chi connectivity index (χ1v) is 11.6. The highest BCUT2D eigenvalue weighted by atomic mass is 16.6. The maximum absolute atomic E-state index is 13.1. The van der Waals surface area contributed by atoms with Crippen molar-refractivity contribution in [3.63, 3.8) is 0 Å². The molecule has 2 heterocycles. The SMILES string of the molecule is CC(C)(C)OC(=O)N1CCN(CCNC(=O)C(c2ccccc2)N2CCCCC2=O)CC1. The normalized spacial score (nSPS) is 18.9. The molecule has 1 unspecified atom stereocenters. The zero-order valence-corrected chi connectivity index (χ0v) is 19.5. The molecule has 2 saturated heterocycles. The van der Waals surface area contributed by atoms with Crippen LogP contribution in [-0.4, -0.2) is 84.0 Å². The number of likely N-dealkylation sites (tertiary alicyclic amines) is 1. The fraction of sp³-hybridized carbons (Fsp3) is 0.625. The Morgan fingerprint density at radius 2 is 1.72 bits per heavy atom. The van der Waals surface area contributed by atoms with Gasteiger partial charge in [-0.2, -0.15) is 0 Å². The molecule has 0 radical (unpaired) electrons. The monoisotopic (exact) mass is 444 g/mol. The minimum atomic E-state index is -0.590. The number of rotatable bonds is 6. The predicted molar refractivity (Wildman–Crippen MR) is 122 cm³/mol. The summed E-state index contributed by atoms with van der Waals surface area (Å²) in [7, 11) is 0. The molecule has 1 atom stereocenters. The van der Waals surface area contributed by atoms with Crippen LogP contribution in [0, 0.1) is 0 Å². The number of nitrogens with zero attached hydrogens (tertiary/aromatic N) is 3. The van der Waals surface area contributed by atoms with E-state index in [9.17, 15) is 14.4 Å². The van der Waals surface area contributed by atoms with Gasteiger partial charge in [-0.05, 0) is 39.2 Å². The molecule has 1 N–H and O–H groups in total. The Bertz CT molecular complexity index is 785. The fourth-order valence-corrected chi connectivity index (χ4v) is 4.12. The second-order valence-electron chi connectivity index (χ2n) is 9.46. The van der Waals surface area contributed by atoms with E-state index in [-0.39, 0.29) is 17.9 Å². The zero-order chi connectivity index (χ0) is 23.1. The molecule has 176 valence electrons. The van der Waals surface area contributed by atoms with Gasteiger partial charge in [0.05, 0.1) is 0 Å². The van der Waals surface area contributed by atoms with E-state index in [1.807, 2.05) is 51.1 Å². The maximum Gasteiger partial charge on any atom is 0.410 e. The Kier molecular flexibility index (Phi) is 8.12. The van der Waals surface area contributed by atoms with Crippen LogP contribution >= 0.6 is 0 Å². The molecular formula is C24H36N4O4. The molecule has 0 aliphatic carbocycles. The number of hydrogen-bond acceptors (Lipinski definition) is 5. The molecule has 2 aliphatic rings. The Hall–Kier alpha value is -2.61. The standard InChI is InChI=1S/C24H36N4O4/c1-24(2,3)32-23(31)27-17-15-26(16-18-27)14-12-25-22(30)21(19-9-5-4-6-10-19)28-13-8-7-11-20(28)29/h4-6,9-10,21H,7-8,11-18H2,1-3H3,(H,25,30). The molecule has 8 heteroatoms. The predicted octanol–water partition coefficient (Wildman–Crippen LogP) is 2.41. The van der Waals surface area contributed by atoms with Crippen molar-refractivity contribution in [1.82, 2.24) is 20.0 Å². The molecule has 0 bridgehead atoms. The van der Waals surface area contributed by atoms with Crippen LogP contribution in [0.1, 0.15) is 51.6 Å². The largest absolute Gasteiger partial charge is 0.444 e. The van der Waals surface area contributed by atoms with Gasteiger partial charge in [-0.25, -0.2) is 4.79 Å². The average molecular weight is 445 g/mol. The van der Waals surface area contributed by atoms with Gasteiger partial charge < -0.3 is 19.9 Å². The number of nitrogens with one attached hydrogen (secondary N) is 1. The van der Waals surface area contributed by atoms with E-state index in [0.29, 0.717) is 39.1 Å². The summed E-state index contributed by atoms with van der Waals surface area (Å²) in [5.74, 6) is -0.0997. The lowest BCUT2D eigenvalue weighted by Gasteiger charge is -2.36. The van der Waals surface area contributed by atoms with Crippen LogP contribution in [-0.2, 0) is 14.3 Å². The third-order valence-corrected chi connectivity index (χ3v) is 5.79. The van der Waals surface area contributed by atoms with E-state index in [1.54, 1.807) is 9.80 Å². The number of hydrogen-bond donors (Lipinski definition) is 1. The number of benzene rings is 1. The van der Waals surface area contributed by atoms with Crippen molar-refractivity contribution in [2.24, 2.45) is 0 Å². The average Bonchev–Trinajstić information content (AvgIpc) is 2.75. The molecule has 0 spiro atoms. The van der Waals surface area contributed by atoms with Crippen molar-refractivity contribution in [3.05, 3.63) is 35.9 Å². The number of carbonyl (C=O) groups is 3. The van der Waals surface area contributed by atoms with E-state index < -0.39 is 11.6 Å².